The Bertz CT molecular complexity index is 542. The van der Waals surface area contributed by atoms with Crippen LogP contribution in [0.4, 0.5) is 0 Å². The molecule has 0 fully saturated rings. The first-order valence-corrected chi connectivity index (χ1v) is 6.35. The number of nitrogens with zero attached hydrogens (tertiary/aromatic N) is 1. The normalized spacial score (nSPS) is 12.9. The van der Waals surface area contributed by atoms with Crippen molar-refractivity contribution < 1.29 is 0 Å². The van der Waals surface area contributed by atoms with Crippen molar-refractivity contribution in [2.45, 2.75) is 26.7 Å². The van der Waals surface area contributed by atoms with Gasteiger partial charge in [0, 0.05) is 30.1 Å². The quantitative estimate of drug-likeness (QED) is 0.615. The fraction of sp³-hybridized carbons (Fsp3) is 0.250. The van der Waals surface area contributed by atoms with E-state index in [1.807, 2.05) is 31.2 Å². The Morgan fingerprint density at radius 2 is 2.21 bits per heavy atom. The van der Waals surface area contributed by atoms with Crippen LogP contribution in [-0.4, -0.2) is 10.7 Å². The minimum atomic E-state index is -0.0814. The zero-order valence-corrected chi connectivity index (χ0v) is 11.5. The summed E-state index contributed by atoms with van der Waals surface area (Å²) in [6.07, 6.45) is 10.9. The Labute approximate surface area is 114 Å². The van der Waals surface area contributed by atoms with Crippen molar-refractivity contribution in [2.24, 2.45) is 4.99 Å². The van der Waals surface area contributed by atoms with Crippen molar-refractivity contribution >= 4 is 5.71 Å². The monoisotopic (exact) mass is 256 g/mol. The molecule has 3 nitrogen and oxygen atoms in total. The summed E-state index contributed by atoms with van der Waals surface area (Å²) >= 11 is 0. The van der Waals surface area contributed by atoms with E-state index in [0.29, 0.717) is 0 Å². The molecule has 100 valence electrons. The van der Waals surface area contributed by atoms with Gasteiger partial charge in [0.2, 0.25) is 5.56 Å². The smallest absolute Gasteiger partial charge is 0.247 e. The molecule has 0 saturated heterocycles. The highest BCUT2D eigenvalue weighted by Crippen LogP contribution is 2.06. The van der Waals surface area contributed by atoms with E-state index in [0.717, 1.165) is 29.8 Å². The van der Waals surface area contributed by atoms with Crippen molar-refractivity contribution in [3.8, 4) is 0 Å². The number of hydrogen-bond acceptors (Lipinski definition) is 2. The second kappa shape index (κ2) is 8.03. The largest absolute Gasteiger partial charge is 0.329 e. The first-order valence-electron chi connectivity index (χ1n) is 6.35. The minimum Gasteiger partial charge on any atom is -0.329 e. The SMILES string of the molecule is C=C/C=C\C=C(/CC)N=C(C)Cc1ccc(=O)[nH]c1. The van der Waals surface area contributed by atoms with Crippen LogP contribution in [-0.2, 0) is 6.42 Å². The summed E-state index contributed by atoms with van der Waals surface area (Å²) < 4.78 is 0. The molecule has 0 aliphatic carbocycles. The Kier molecular flexibility index (Phi) is 6.30. The van der Waals surface area contributed by atoms with Gasteiger partial charge in [-0.2, -0.15) is 0 Å². The third-order valence-corrected chi connectivity index (χ3v) is 2.54. The predicted molar refractivity (Wildman–Crippen MR) is 81.6 cm³/mol. The van der Waals surface area contributed by atoms with E-state index >= 15 is 0 Å². The van der Waals surface area contributed by atoms with Crippen LogP contribution in [0.15, 0.2) is 64.7 Å². The van der Waals surface area contributed by atoms with Gasteiger partial charge in [0.05, 0.1) is 0 Å². The average molecular weight is 256 g/mol. The molecule has 0 radical (unpaired) electrons. The maximum absolute atomic E-state index is 11.0. The zero-order valence-electron chi connectivity index (χ0n) is 11.5. The molecule has 0 spiro atoms. The lowest BCUT2D eigenvalue weighted by atomic mass is 10.1. The first-order chi connectivity index (χ1) is 9.15. The van der Waals surface area contributed by atoms with Gasteiger partial charge in [-0.25, -0.2) is 0 Å². The lowest BCUT2D eigenvalue weighted by Crippen LogP contribution is -2.05. The topological polar surface area (TPSA) is 45.2 Å². The summed E-state index contributed by atoms with van der Waals surface area (Å²) in [6.45, 7) is 7.69. The Hall–Kier alpha value is -2.16. The maximum atomic E-state index is 11.0. The highest BCUT2D eigenvalue weighted by molar-refractivity contribution is 5.85. The Morgan fingerprint density at radius 3 is 2.79 bits per heavy atom. The number of allylic oxidation sites excluding steroid dienone is 5. The van der Waals surface area contributed by atoms with E-state index < -0.39 is 0 Å². The second-order valence-corrected chi connectivity index (χ2v) is 4.22. The van der Waals surface area contributed by atoms with E-state index in [4.69, 9.17) is 0 Å². The van der Waals surface area contributed by atoms with Gasteiger partial charge >= 0.3 is 0 Å². The van der Waals surface area contributed by atoms with Crippen molar-refractivity contribution in [1.82, 2.24) is 4.98 Å². The number of H-pyrrole nitrogens is 1. The first kappa shape index (κ1) is 14.9. The van der Waals surface area contributed by atoms with Crippen LogP contribution in [0.5, 0.6) is 0 Å². The van der Waals surface area contributed by atoms with Crippen LogP contribution in [0.3, 0.4) is 0 Å². The molecule has 1 N–H and O–H groups in total. The molecule has 0 aromatic carbocycles. The van der Waals surface area contributed by atoms with Crippen LogP contribution in [0.25, 0.3) is 0 Å². The molecular formula is C16H20N2O. The van der Waals surface area contributed by atoms with Crippen LogP contribution < -0.4 is 5.56 Å². The lowest BCUT2D eigenvalue weighted by Gasteiger charge is -2.02. The van der Waals surface area contributed by atoms with E-state index in [1.54, 1.807) is 12.3 Å². The van der Waals surface area contributed by atoms with Crippen molar-refractivity contribution in [3.05, 3.63) is 70.8 Å². The lowest BCUT2D eigenvalue weighted by molar-refractivity contribution is 1.05. The van der Waals surface area contributed by atoms with E-state index in [2.05, 4.69) is 23.5 Å². The van der Waals surface area contributed by atoms with Crippen LogP contribution in [0.2, 0.25) is 0 Å². The molecule has 0 saturated carbocycles. The fourth-order valence-electron chi connectivity index (χ4n) is 1.61. The summed E-state index contributed by atoms with van der Waals surface area (Å²) in [7, 11) is 0. The molecule has 19 heavy (non-hydrogen) atoms. The van der Waals surface area contributed by atoms with Crippen molar-refractivity contribution in [2.75, 3.05) is 0 Å². The molecule has 1 heterocycles. The van der Waals surface area contributed by atoms with Gasteiger partial charge in [0.25, 0.3) is 0 Å². The van der Waals surface area contributed by atoms with Crippen molar-refractivity contribution in [3.63, 3.8) is 0 Å². The maximum Gasteiger partial charge on any atom is 0.247 e. The number of aromatic amines is 1. The van der Waals surface area contributed by atoms with Gasteiger partial charge in [-0.1, -0.05) is 37.8 Å². The molecule has 0 aliphatic heterocycles. The number of aromatic nitrogens is 1. The Morgan fingerprint density at radius 1 is 1.42 bits per heavy atom. The second-order valence-electron chi connectivity index (χ2n) is 4.22. The number of pyridine rings is 1. The minimum absolute atomic E-state index is 0.0814. The third-order valence-electron chi connectivity index (χ3n) is 2.54. The summed E-state index contributed by atoms with van der Waals surface area (Å²) in [5, 5.41) is 0. The molecule has 0 bridgehead atoms. The average Bonchev–Trinajstić information content (AvgIpc) is 2.40. The number of nitrogens with one attached hydrogen (secondary N) is 1. The van der Waals surface area contributed by atoms with Crippen LogP contribution in [0.1, 0.15) is 25.8 Å². The fourth-order valence-corrected chi connectivity index (χ4v) is 1.61. The van der Waals surface area contributed by atoms with Gasteiger partial charge in [0.1, 0.15) is 0 Å². The standard InChI is InChI=1S/C16H20N2O/c1-4-6-7-8-15(5-2)18-13(3)11-14-9-10-16(19)17-12-14/h4,6-10,12H,1,5,11H2,2-3H3,(H,17,19)/b7-6-,15-8+,18-13?. The summed E-state index contributed by atoms with van der Waals surface area (Å²) in [6, 6.07) is 3.36. The van der Waals surface area contributed by atoms with E-state index in [1.165, 1.54) is 6.07 Å². The van der Waals surface area contributed by atoms with Gasteiger partial charge in [-0.15, -0.1) is 0 Å². The molecule has 0 atom stereocenters. The van der Waals surface area contributed by atoms with Crippen molar-refractivity contribution in [1.29, 1.82) is 0 Å². The summed E-state index contributed by atoms with van der Waals surface area (Å²) in [5.74, 6) is 0. The molecule has 1 aromatic rings. The van der Waals surface area contributed by atoms with Gasteiger partial charge in [-0.05, 0) is 25.0 Å². The van der Waals surface area contributed by atoms with Crippen LogP contribution >= 0.6 is 0 Å². The highest BCUT2D eigenvalue weighted by Gasteiger charge is 1.97. The molecule has 0 unspecified atom stereocenters. The number of rotatable bonds is 6. The summed E-state index contributed by atoms with van der Waals surface area (Å²) in [4.78, 5) is 18.2. The molecule has 3 heteroatoms. The highest BCUT2D eigenvalue weighted by atomic mass is 16.1. The Balaban J connectivity index is 2.77. The number of aliphatic imine (C=N–C) groups is 1. The predicted octanol–water partition coefficient (Wildman–Crippen LogP) is 3.41. The zero-order chi connectivity index (χ0) is 14.1. The summed E-state index contributed by atoms with van der Waals surface area (Å²) in [5.41, 5.74) is 3.02. The van der Waals surface area contributed by atoms with Crippen LogP contribution in [0, 0.1) is 0 Å². The molecule has 1 aromatic heterocycles. The van der Waals surface area contributed by atoms with E-state index in [9.17, 15) is 4.79 Å². The third kappa shape index (κ3) is 5.82. The van der Waals surface area contributed by atoms with Gasteiger partial charge < -0.3 is 4.98 Å². The number of hydrogen-bond donors (Lipinski definition) is 1. The molecule has 0 aliphatic rings. The van der Waals surface area contributed by atoms with Gasteiger partial charge in [0.15, 0.2) is 0 Å². The van der Waals surface area contributed by atoms with Gasteiger partial charge in [-0.3, -0.25) is 9.79 Å². The molecular weight excluding hydrogens is 236 g/mol. The molecule has 1 rings (SSSR count). The molecule has 0 amide bonds. The van der Waals surface area contributed by atoms with E-state index in [-0.39, 0.29) is 5.56 Å².